The number of benzene rings is 4. The molecule has 1 fully saturated rings. The Morgan fingerprint density at radius 2 is 1.69 bits per heavy atom. The fourth-order valence-corrected chi connectivity index (χ4v) is 5.83. The summed E-state index contributed by atoms with van der Waals surface area (Å²) in [5.74, 6) is -2.20. The van der Waals surface area contributed by atoms with Gasteiger partial charge < -0.3 is 29.1 Å². The maximum atomic E-state index is 16.0. The van der Waals surface area contributed by atoms with Crippen LogP contribution in [-0.4, -0.2) is 61.8 Å². The van der Waals surface area contributed by atoms with Gasteiger partial charge in [0, 0.05) is 41.0 Å². The quantitative estimate of drug-likeness (QED) is 0.248. The van der Waals surface area contributed by atoms with E-state index in [-0.39, 0.29) is 40.7 Å². The van der Waals surface area contributed by atoms with Gasteiger partial charge in [-0.15, -0.1) is 0 Å². The molecule has 0 aromatic heterocycles. The number of fused-ring (bicyclic) bond motifs is 1. The number of carbonyl (C=O) groups is 2. The molecule has 1 unspecified atom stereocenters. The zero-order valence-corrected chi connectivity index (χ0v) is 25.0. The van der Waals surface area contributed by atoms with Gasteiger partial charge >= 0.3 is 0 Å². The molecule has 0 spiro atoms. The predicted molar refractivity (Wildman–Crippen MR) is 164 cm³/mol. The normalized spacial score (nSPS) is 15.2. The molecule has 2 aliphatic rings. The van der Waals surface area contributed by atoms with Gasteiger partial charge in [0.15, 0.2) is 24.1 Å². The lowest BCUT2D eigenvalue weighted by molar-refractivity contribution is 0.0515. The molecule has 8 nitrogen and oxygen atoms in total. The van der Waals surface area contributed by atoms with Gasteiger partial charge in [0.2, 0.25) is 0 Å². The van der Waals surface area contributed by atoms with E-state index >= 15 is 4.39 Å². The lowest BCUT2D eigenvalue weighted by Crippen LogP contribution is -2.37. The topological polar surface area (TPSA) is 88.5 Å². The fourth-order valence-electron chi connectivity index (χ4n) is 5.60. The number of rotatable bonds is 7. The molecule has 232 valence electrons. The Hall–Kier alpha value is -4.51. The van der Waals surface area contributed by atoms with Crippen LogP contribution >= 0.6 is 11.6 Å². The zero-order valence-electron chi connectivity index (χ0n) is 24.3. The molecule has 0 saturated carbocycles. The number of nitrogens with zero attached hydrogens (tertiary/aromatic N) is 2. The third-order valence-electron chi connectivity index (χ3n) is 7.94. The SMILES string of the molecule is COc1cc(C(=O)N2COc3c(cccc3-c3cc(N4CCOCC4)c(C(=O)C(O)c4ccccc4)cc3F)C2)c(Cl)cc1F. The van der Waals surface area contributed by atoms with Crippen molar-refractivity contribution >= 4 is 29.0 Å². The first-order chi connectivity index (χ1) is 21.8. The third kappa shape index (κ3) is 5.96. The largest absolute Gasteiger partial charge is 0.494 e. The lowest BCUT2D eigenvalue weighted by Gasteiger charge is -2.32. The van der Waals surface area contributed by atoms with Crippen LogP contribution in [0.2, 0.25) is 5.02 Å². The number of amides is 1. The number of carbonyl (C=O) groups excluding carboxylic acids is 2. The number of ether oxygens (including phenoxy) is 3. The van der Waals surface area contributed by atoms with Crippen LogP contribution in [0.3, 0.4) is 0 Å². The van der Waals surface area contributed by atoms with E-state index in [2.05, 4.69) is 0 Å². The van der Waals surface area contributed by atoms with Gasteiger partial charge in [-0.25, -0.2) is 8.78 Å². The fraction of sp³-hybridized carbons (Fsp3) is 0.235. The second-order valence-corrected chi connectivity index (χ2v) is 11.1. The average molecular weight is 635 g/mol. The Balaban J connectivity index is 1.35. The summed E-state index contributed by atoms with van der Waals surface area (Å²) in [6.07, 6.45) is -1.47. The van der Waals surface area contributed by atoms with Gasteiger partial charge in [-0.05, 0) is 29.8 Å². The number of hydrogen-bond donors (Lipinski definition) is 1. The van der Waals surface area contributed by atoms with Gasteiger partial charge in [-0.3, -0.25) is 9.59 Å². The smallest absolute Gasteiger partial charge is 0.258 e. The minimum atomic E-state index is -1.47. The molecule has 11 heteroatoms. The third-order valence-corrected chi connectivity index (χ3v) is 8.25. The molecule has 6 rings (SSSR count). The van der Waals surface area contributed by atoms with Crippen LogP contribution < -0.4 is 14.4 Å². The Kier molecular flexibility index (Phi) is 8.71. The first-order valence-corrected chi connectivity index (χ1v) is 14.7. The molecule has 1 saturated heterocycles. The number of anilines is 1. The van der Waals surface area contributed by atoms with Crippen LogP contribution in [0.15, 0.2) is 72.8 Å². The van der Waals surface area contributed by atoms with Crippen molar-refractivity contribution in [3.8, 4) is 22.6 Å². The minimum absolute atomic E-state index is 0.0530. The molecule has 1 amide bonds. The summed E-state index contributed by atoms with van der Waals surface area (Å²) in [5.41, 5.74) is 2.25. The van der Waals surface area contributed by atoms with Gasteiger partial charge in [-0.1, -0.05) is 60.1 Å². The van der Waals surface area contributed by atoms with E-state index in [0.29, 0.717) is 54.4 Å². The Morgan fingerprint density at radius 3 is 2.42 bits per heavy atom. The van der Waals surface area contributed by atoms with Crippen LogP contribution in [0, 0.1) is 11.6 Å². The summed E-state index contributed by atoms with van der Waals surface area (Å²) >= 11 is 6.19. The van der Waals surface area contributed by atoms with Gasteiger partial charge in [0.05, 0.1) is 37.5 Å². The maximum Gasteiger partial charge on any atom is 0.258 e. The number of methoxy groups -OCH3 is 1. The average Bonchev–Trinajstić information content (AvgIpc) is 3.07. The van der Waals surface area contributed by atoms with Crippen molar-refractivity contribution < 1.29 is 37.7 Å². The van der Waals surface area contributed by atoms with Crippen molar-refractivity contribution in [2.45, 2.75) is 12.6 Å². The number of ketones is 1. The van der Waals surface area contributed by atoms with E-state index in [1.807, 2.05) is 4.90 Å². The van der Waals surface area contributed by atoms with Crippen LogP contribution in [0.25, 0.3) is 11.1 Å². The molecule has 4 aromatic carbocycles. The molecule has 2 aliphatic heterocycles. The Bertz CT molecular complexity index is 1760. The molecule has 1 atom stereocenters. The molecule has 0 bridgehead atoms. The Labute approximate surface area is 263 Å². The molecule has 0 aliphatic carbocycles. The second-order valence-electron chi connectivity index (χ2n) is 10.7. The number of Topliss-reactive ketones (excluding diaryl/α,β-unsaturated/α-hetero) is 1. The number of para-hydroxylation sites is 1. The van der Waals surface area contributed by atoms with Gasteiger partial charge in [0.25, 0.3) is 5.91 Å². The highest BCUT2D eigenvalue weighted by atomic mass is 35.5. The van der Waals surface area contributed by atoms with Crippen LogP contribution in [-0.2, 0) is 11.3 Å². The summed E-state index contributed by atoms with van der Waals surface area (Å²) in [7, 11) is 1.29. The molecular formula is C34H29ClF2N2O6. The summed E-state index contributed by atoms with van der Waals surface area (Å²) < 4.78 is 46.6. The monoisotopic (exact) mass is 634 g/mol. The van der Waals surface area contributed by atoms with Gasteiger partial charge in [0.1, 0.15) is 17.7 Å². The highest BCUT2D eigenvalue weighted by molar-refractivity contribution is 6.33. The van der Waals surface area contributed by atoms with E-state index in [0.717, 1.165) is 12.1 Å². The minimum Gasteiger partial charge on any atom is -0.494 e. The number of aliphatic hydroxyl groups excluding tert-OH is 1. The predicted octanol–water partition coefficient (Wildman–Crippen LogP) is 6.04. The van der Waals surface area contributed by atoms with E-state index in [4.69, 9.17) is 25.8 Å². The molecule has 2 heterocycles. The summed E-state index contributed by atoms with van der Waals surface area (Å²) in [5, 5.41) is 10.8. The van der Waals surface area contributed by atoms with Crippen molar-refractivity contribution in [2.24, 2.45) is 0 Å². The van der Waals surface area contributed by atoms with E-state index < -0.39 is 29.4 Å². The highest BCUT2D eigenvalue weighted by Gasteiger charge is 2.30. The number of halogens is 3. The highest BCUT2D eigenvalue weighted by Crippen LogP contribution is 2.41. The molecule has 4 aromatic rings. The summed E-state index contributed by atoms with van der Waals surface area (Å²) in [4.78, 5) is 30.3. The van der Waals surface area contributed by atoms with Gasteiger partial charge in [-0.2, -0.15) is 0 Å². The van der Waals surface area contributed by atoms with E-state index in [1.54, 1.807) is 54.6 Å². The van der Waals surface area contributed by atoms with Crippen molar-refractivity contribution in [3.63, 3.8) is 0 Å². The van der Waals surface area contributed by atoms with Crippen LogP contribution in [0.5, 0.6) is 11.5 Å². The number of hydrogen-bond acceptors (Lipinski definition) is 7. The zero-order chi connectivity index (χ0) is 31.7. The first kappa shape index (κ1) is 30.5. The van der Waals surface area contributed by atoms with E-state index in [1.165, 1.54) is 18.1 Å². The van der Waals surface area contributed by atoms with Crippen LogP contribution in [0.1, 0.15) is 37.9 Å². The maximum absolute atomic E-state index is 16.0. The first-order valence-electron chi connectivity index (χ1n) is 14.3. The second kappa shape index (κ2) is 12.8. The van der Waals surface area contributed by atoms with Crippen molar-refractivity contribution in [2.75, 3.05) is 45.0 Å². The molecule has 45 heavy (non-hydrogen) atoms. The Morgan fingerprint density at radius 1 is 0.933 bits per heavy atom. The number of morpholine rings is 1. The van der Waals surface area contributed by atoms with Crippen LogP contribution in [0.4, 0.5) is 14.5 Å². The molecular weight excluding hydrogens is 606 g/mol. The molecule has 0 radical (unpaired) electrons. The lowest BCUT2D eigenvalue weighted by atomic mass is 9.93. The summed E-state index contributed by atoms with van der Waals surface area (Å²) in [6.45, 7) is 1.76. The van der Waals surface area contributed by atoms with Crippen molar-refractivity contribution in [3.05, 3.63) is 112 Å². The summed E-state index contributed by atoms with van der Waals surface area (Å²) in [6, 6.07) is 18.7. The van der Waals surface area contributed by atoms with Crippen molar-refractivity contribution in [1.82, 2.24) is 4.90 Å². The standard InChI is InChI=1S/C34H29ClF2N2O6/c1-43-30-16-24(26(35)17-28(30)37)34(42)39-18-21-8-5-9-22(33(21)45-19-39)23-15-29(38-10-12-44-13-11-38)25(14-27(23)36)32(41)31(40)20-6-3-2-4-7-20/h2-9,14-17,31,40H,10-13,18-19H2,1H3. The number of aliphatic hydroxyl groups is 1. The molecule has 1 N–H and O–H groups in total. The van der Waals surface area contributed by atoms with Crippen molar-refractivity contribution in [1.29, 1.82) is 0 Å². The van der Waals surface area contributed by atoms with E-state index in [9.17, 15) is 19.1 Å².